The van der Waals surface area contributed by atoms with Crippen molar-refractivity contribution in [2.45, 2.75) is 51.0 Å². The lowest BCUT2D eigenvalue weighted by molar-refractivity contribution is 0.459. The second-order valence-corrected chi connectivity index (χ2v) is 5.41. The predicted molar refractivity (Wildman–Crippen MR) is 72.7 cm³/mol. The number of aromatic nitrogens is 2. The second kappa shape index (κ2) is 5.22. The Kier molecular flexibility index (Phi) is 3.46. The summed E-state index contributed by atoms with van der Waals surface area (Å²) in [7, 11) is 0. The summed E-state index contributed by atoms with van der Waals surface area (Å²) >= 11 is 0. The molecule has 2 aliphatic rings. The maximum atomic E-state index is 5.92. The van der Waals surface area contributed by atoms with Crippen LogP contribution in [-0.4, -0.2) is 29.1 Å². The van der Waals surface area contributed by atoms with Crippen LogP contribution < -0.4 is 10.6 Å². The molecule has 4 nitrogen and oxygen atoms in total. The topological polar surface area (TPSA) is 55.0 Å². The highest BCUT2D eigenvalue weighted by molar-refractivity contribution is 5.50. The summed E-state index contributed by atoms with van der Waals surface area (Å²) in [6, 6.07) is 0.472. The van der Waals surface area contributed by atoms with Crippen LogP contribution in [0.25, 0.3) is 0 Å². The van der Waals surface area contributed by atoms with Crippen molar-refractivity contribution in [3.05, 3.63) is 17.6 Å². The van der Waals surface area contributed by atoms with Crippen molar-refractivity contribution in [3.8, 4) is 0 Å². The zero-order valence-corrected chi connectivity index (χ0v) is 10.9. The molecule has 18 heavy (non-hydrogen) atoms. The van der Waals surface area contributed by atoms with Gasteiger partial charge in [0.05, 0.1) is 0 Å². The van der Waals surface area contributed by atoms with E-state index in [-0.39, 0.29) is 0 Å². The van der Waals surface area contributed by atoms with Gasteiger partial charge in [0.15, 0.2) is 0 Å². The lowest BCUT2D eigenvalue weighted by Crippen LogP contribution is -2.45. The highest BCUT2D eigenvalue weighted by atomic mass is 15.2. The summed E-state index contributed by atoms with van der Waals surface area (Å²) in [6.07, 6.45) is 10.3. The Balaban J connectivity index is 1.95. The number of hydrogen-bond donors (Lipinski definition) is 1. The summed E-state index contributed by atoms with van der Waals surface area (Å²) in [5, 5.41) is 0. The van der Waals surface area contributed by atoms with Crippen LogP contribution in [0.4, 0.5) is 5.82 Å². The van der Waals surface area contributed by atoms with Crippen molar-refractivity contribution in [1.82, 2.24) is 9.97 Å². The van der Waals surface area contributed by atoms with Gasteiger partial charge in [-0.15, -0.1) is 0 Å². The van der Waals surface area contributed by atoms with Gasteiger partial charge in [0.1, 0.15) is 12.1 Å². The largest absolute Gasteiger partial charge is 0.352 e. The third-order valence-corrected chi connectivity index (χ3v) is 4.27. The minimum absolute atomic E-state index is 0.472. The molecule has 0 aromatic carbocycles. The van der Waals surface area contributed by atoms with Crippen molar-refractivity contribution in [2.24, 2.45) is 5.73 Å². The van der Waals surface area contributed by atoms with E-state index in [1.807, 2.05) is 0 Å². The van der Waals surface area contributed by atoms with Crippen LogP contribution in [-0.2, 0) is 12.8 Å². The lowest BCUT2D eigenvalue weighted by Gasteiger charge is -2.37. The number of nitrogens with two attached hydrogens (primary N) is 1. The predicted octanol–water partition coefficient (Wildman–Crippen LogP) is 1.67. The molecule has 1 aromatic rings. The molecular formula is C14H22N4. The van der Waals surface area contributed by atoms with Crippen LogP contribution >= 0.6 is 0 Å². The first-order valence-electron chi connectivity index (χ1n) is 7.19. The SMILES string of the molecule is NCC1CCCCN1c1ncnc2c1CCCC2. The summed E-state index contributed by atoms with van der Waals surface area (Å²) in [5.41, 5.74) is 8.59. The maximum Gasteiger partial charge on any atom is 0.135 e. The number of piperidine rings is 1. The Hall–Kier alpha value is -1.16. The monoisotopic (exact) mass is 246 g/mol. The number of nitrogens with zero attached hydrogens (tertiary/aromatic N) is 3. The van der Waals surface area contributed by atoms with Gasteiger partial charge >= 0.3 is 0 Å². The van der Waals surface area contributed by atoms with Gasteiger partial charge in [0.2, 0.25) is 0 Å². The van der Waals surface area contributed by atoms with E-state index in [0.29, 0.717) is 6.04 Å². The zero-order valence-electron chi connectivity index (χ0n) is 10.9. The Labute approximate surface area is 109 Å². The molecule has 1 unspecified atom stereocenters. The summed E-state index contributed by atoms with van der Waals surface area (Å²) in [5.74, 6) is 1.18. The number of anilines is 1. The van der Waals surface area contributed by atoms with E-state index in [1.165, 1.54) is 49.2 Å². The van der Waals surface area contributed by atoms with Crippen molar-refractivity contribution < 1.29 is 0 Å². The van der Waals surface area contributed by atoms with E-state index in [2.05, 4.69) is 14.9 Å². The van der Waals surface area contributed by atoms with Gasteiger partial charge in [-0.25, -0.2) is 9.97 Å². The van der Waals surface area contributed by atoms with Gasteiger partial charge < -0.3 is 10.6 Å². The van der Waals surface area contributed by atoms with E-state index >= 15 is 0 Å². The number of rotatable bonds is 2. The molecule has 2 heterocycles. The molecule has 98 valence electrons. The lowest BCUT2D eigenvalue weighted by atomic mass is 9.94. The molecular weight excluding hydrogens is 224 g/mol. The highest BCUT2D eigenvalue weighted by Crippen LogP contribution is 2.30. The molecule has 0 saturated carbocycles. The van der Waals surface area contributed by atoms with E-state index in [4.69, 9.17) is 5.73 Å². The fourth-order valence-electron chi connectivity index (χ4n) is 3.28. The van der Waals surface area contributed by atoms with E-state index in [9.17, 15) is 0 Å². The zero-order chi connectivity index (χ0) is 12.4. The maximum absolute atomic E-state index is 5.92. The van der Waals surface area contributed by atoms with Crippen molar-refractivity contribution >= 4 is 5.82 Å². The minimum Gasteiger partial charge on any atom is -0.352 e. The van der Waals surface area contributed by atoms with Gasteiger partial charge in [0, 0.05) is 30.4 Å². The van der Waals surface area contributed by atoms with Crippen LogP contribution in [0.2, 0.25) is 0 Å². The molecule has 0 radical (unpaired) electrons. The molecule has 0 amide bonds. The van der Waals surface area contributed by atoms with E-state index < -0.39 is 0 Å². The number of aryl methyl sites for hydroxylation is 1. The molecule has 1 fully saturated rings. The van der Waals surface area contributed by atoms with Crippen LogP contribution in [0.1, 0.15) is 43.4 Å². The summed E-state index contributed by atoms with van der Waals surface area (Å²) in [4.78, 5) is 11.5. The van der Waals surface area contributed by atoms with E-state index in [0.717, 1.165) is 25.9 Å². The van der Waals surface area contributed by atoms with Gasteiger partial charge in [-0.1, -0.05) is 0 Å². The van der Waals surface area contributed by atoms with Crippen LogP contribution in [0.15, 0.2) is 6.33 Å². The molecule has 4 heteroatoms. The Morgan fingerprint density at radius 1 is 1.17 bits per heavy atom. The molecule has 0 bridgehead atoms. The Morgan fingerprint density at radius 2 is 2.06 bits per heavy atom. The van der Waals surface area contributed by atoms with Crippen LogP contribution in [0.5, 0.6) is 0 Å². The van der Waals surface area contributed by atoms with Crippen molar-refractivity contribution in [1.29, 1.82) is 0 Å². The molecule has 1 aliphatic heterocycles. The standard InChI is InChI=1S/C14H22N4/c15-9-11-5-3-4-8-18(11)14-12-6-1-2-7-13(12)16-10-17-14/h10-11H,1-9,15H2. The molecule has 1 aliphatic carbocycles. The van der Waals surface area contributed by atoms with E-state index in [1.54, 1.807) is 6.33 Å². The second-order valence-electron chi connectivity index (χ2n) is 5.41. The van der Waals surface area contributed by atoms with Gasteiger partial charge in [-0.05, 0) is 44.9 Å². The average molecular weight is 246 g/mol. The molecule has 1 atom stereocenters. The van der Waals surface area contributed by atoms with Crippen molar-refractivity contribution in [3.63, 3.8) is 0 Å². The fourth-order valence-corrected chi connectivity index (χ4v) is 3.28. The quantitative estimate of drug-likeness (QED) is 0.862. The Morgan fingerprint density at radius 3 is 2.94 bits per heavy atom. The smallest absolute Gasteiger partial charge is 0.135 e. The van der Waals surface area contributed by atoms with Gasteiger partial charge in [-0.3, -0.25) is 0 Å². The molecule has 3 rings (SSSR count). The number of fused-ring (bicyclic) bond motifs is 1. The first-order chi connectivity index (χ1) is 8.90. The summed E-state index contributed by atoms with van der Waals surface area (Å²) in [6.45, 7) is 1.84. The minimum atomic E-state index is 0.472. The van der Waals surface area contributed by atoms with Crippen molar-refractivity contribution in [2.75, 3.05) is 18.0 Å². The first kappa shape index (κ1) is 11.9. The highest BCUT2D eigenvalue weighted by Gasteiger charge is 2.26. The van der Waals surface area contributed by atoms with Gasteiger partial charge in [-0.2, -0.15) is 0 Å². The first-order valence-corrected chi connectivity index (χ1v) is 7.19. The molecule has 2 N–H and O–H groups in total. The molecule has 0 spiro atoms. The summed E-state index contributed by atoms with van der Waals surface area (Å²) < 4.78 is 0. The number of hydrogen-bond acceptors (Lipinski definition) is 4. The van der Waals surface area contributed by atoms with Crippen LogP contribution in [0, 0.1) is 0 Å². The Bertz CT molecular complexity index is 418. The van der Waals surface area contributed by atoms with Gasteiger partial charge in [0.25, 0.3) is 0 Å². The molecule has 1 saturated heterocycles. The van der Waals surface area contributed by atoms with Crippen LogP contribution in [0.3, 0.4) is 0 Å². The molecule has 1 aromatic heterocycles. The average Bonchev–Trinajstić information content (AvgIpc) is 2.46. The normalized spacial score (nSPS) is 23.8. The third-order valence-electron chi connectivity index (χ3n) is 4.27. The third kappa shape index (κ3) is 2.09. The fraction of sp³-hybridized carbons (Fsp3) is 0.714.